The van der Waals surface area contributed by atoms with Gasteiger partial charge >= 0.3 is 23.9 Å². The summed E-state index contributed by atoms with van der Waals surface area (Å²) in [6.07, 6.45) is 0.240. The van der Waals surface area contributed by atoms with Crippen molar-refractivity contribution in [3.05, 3.63) is 119 Å². The van der Waals surface area contributed by atoms with Gasteiger partial charge in [-0.2, -0.15) is 50.5 Å². The molecule has 4 aliphatic rings. The van der Waals surface area contributed by atoms with Crippen LogP contribution in [-0.4, -0.2) is 183 Å². The molecule has 0 saturated carbocycles. The molecule has 28 heteroatoms. The molecule has 4 aliphatic heterocycles. The molecule has 0 aliphatic carbocycles. The topological polar surface area (TPSA) is 278 Å². The van der Waals surface area contributed by atoms with Crippen molar-refractivity contribution < 1.29 is 78.1 Å². The molecule has 0 radical (unpaired) electrons. The average Bonchev–Trinajstić information content (AvgIpc) is 2.90. The van der Waals surface area contributed by atoms with Gasteiger partial charge in [0, 0.05) is 86.7 Å². The lowest BCUT2D eigenvalue weighted by atomic mass is 10.1. The number of methoxy groups -OCH3 is 1. The number of phenols is 4. The highest BCUT2D eigenvalue weighted by Crippen LogP contribution is 2.49. The van der Waals surface area contributed by atoms with E-state index in [0.717, 1.165) is 0 Å². The van der Waals surface area contributed by atoms with E-state index in [4.69, 9.17) is 14.2 Å². The van der Waals surface area contributed by atoms with Crippen LogP contribution in [0.3, 0.4) is 0 Å². The minimum absolute atomic E-state index is 0.0670. The Morgan fingerprint density at radius 1 is 0.466 bits per heavy atom. The number of nitrogens with zero attached hydrogens (tertiary/aromatic N) is 4. The fourth-order valence-electron chi connectivity index (χ4n) is 9.45. The number of carboxylic acid groups (broad SMARTS) is 1. The van der Waals surface area contributed by atoms with E-state index < -0.39 is 64.2 Å². The van der Waals surface area contributed by atoms with Gasteiger partial charge in [0.1, 0.15) is 68.7 Å². The first-order chi connectivity index (χ1) is 42.1. The minimum Gasteiger partial charge on any atom is -0.508 e. The van der Waals surface area contributed by atoms with Gasteiger partial charge in [-0.15, -0.1) is 47.0 Å². The number of amides is 4. The van der Waals surface area contributed by atoms with E-state index in [0.29, 0.717) is 68.3 Å². The summed E-state index contributed by atoms with van der Waals surface area (Å²) in [4.78, 5) is 104. The molecule has 5 N–H and O–H groups in total. The Hall–Kier alpha value is -5.36. The second kappa shape index (κ2) is 35.9. The van der Waals surface area contributed by atoms with Crippen molar-refractivity contribution in [2.75, 3.05) is 66.3 Å². The molecule has 0 bridgehead atoms. The number of hydrogen-bond donors (Lipinski definition) is 9. The van der Waals surface area contributed by atoms with Crippen LogP contribution in [0.4, 0.5) is 0 Å². The van der Waals surface area contributed by atoms with Crippen LogP contribution >= 0.6 is 97.6 Å². The molecular formula is C60H76N4O16S8. The molecule has 4 aromatic carbocycles. The number of aromatic hydroxyl groups is 4. The third kappa shape index (κ3) is 18.2. The average molecular weight is 1370 g/mol. The number of hydrogen-bond acceptors (Lipinski definition) is 23. The van der Waals surface area contributed by atoms with Crippen molar-refractivity contribution in [3.8, 4) is 23.0 Å². The predicted octanol–water partition coefficient (Wildman–Crippen LogP) is 8.74. The van der Waals surface area contributed by atoms with Crippen molar-refractivity contribution in [1.82, 2.24) is 19.6 Å². The number of carbonyl (C=O) groups is 8. The second-order valence-electron chi connectivity index (χ2n) is 20.2. The van der Waals surface area contributed by atoms with Gasteiger partial charge in [-0.1, -0.05) is 93.6 Å². The predicted molar refractivity (Wildman–Crippen MR) is 356 cm³/mol. The molecular weight excluding hydrogens is 1290 g/mol. The number of benzene rings is 4. The standard InChI is InChI=1S/C16H21NO4S2.2C15H19NO4S2.C14H17NO4S2/c1-3-21-16(20)12-9-23-15(11-6-4-5-7-13(11)18)17(12)14(19)10(2)8-22;1-9(7-21)13(18)16-11(15(19)20-2)8-22-14(16)10-5-3-4-6-12(10)17;1-2-20-15(19)11-9-22-14(16(11)13(18)7-8-21)10-5-3-4-6-12(10)17;1-8(6-20)12(17)15-10(14(18)19)7-21-13(15)9-4-2-3-5-11(9)16/h4-7,10,12,15,18,22H,3,8-9H2,1-2H3;3-6,9,11,14,17,21H,7-8H2,1-2H3;3-6,11,14,17,21H,2,7-9H2,1H3;2-5,8,10,13,16,20H,6-7H2,1H3,(H,18,19). The van der Waals surface area contributed by atoms with Gasteiger partial charge in [-0.05, 0) is 43.9 Å². The fraction of sp³-hybridized carbons (Fsp3) is 0.467. The monoisotopic (exact) mass is 1360 g/mol. The molecule has 0 aromatic heterocycles. The smallest absolute Gasteiger partial charge is 0.329 e. The highest BCUT2D eigenvalue weighted by atomic mass is 32.2. The summed E-state index contributed by atoms with van der Waals surface area (Å²) in [7, 11) is 1.31. The van der Waals surface area contributed by atoms with E-state index >= 15 is 0 Å². The Kier molecular flexibility index (Phi) is 29.9. The number of ether oxygens (including phenoxy) is 3. The summed E-state index contributed by atoms with van der Waals surface area (Å²) >= 11 is 22.3. The van der Waals surface area contributed by atoms with Gasteiger partial charge in [0.25, 0.3) is 0 Å². The third-order valence-electron chi connectivity index (χ3n) is 14.2. The number of thiol groups is 4. The first-order valence-electron chi connectivity index (χ1n) is 28.0. The molecule has 4 heterocycles. The summed E-state index contributed by atoms with van der Waals surface area (Å²) in [5, 5.41) is 47.9. The first-order valence-corrected chi connectivity index (χ1v) is 34.7. The maximum absolute atomic E-state index is 12.8. The molecule has 480 valence electrons. The molecule has 4 fully saturated rings. The minimum atomic E-state index is -1.03. The number of phenolic OH excluding ortho intramolecular Hbond substituents is 4. The van der Waals surface area contributed by atoms with E-state index in [9.17, 15) is 63.9 Å². The van der Waals surface area contributed by atoms with E-state index in [2.05, 4.69) is 50.5 Å². The van der Waals surface area contributed by atoms with E-state index in [1.807, 2.05) is 0 Å². The van der Waals surface area contributed by atoms with Gasteiger partial charge in [-0.3, -0.25) is 19.2 Å². The lowest BCUT2D eigenvalue weighted by Crippen LogP contribution is -2.46. The van der Waals surface area contributed by atoms with Gasteiger partial charge < -0.3 is 59.3 Å². The Morgan fingerprint density at radius 2 is 0.739 bits per heavy atom. The van der Waals surface area contributed by atoms with Crippen LogP contribution in [0.15, 0.2) is 97.1 Å². The maximum Gasteiger partial charge on any atom is 0.329 e. The Bertz CT molecular complexity index is 3040. The van der Waals surface area contributed by atoms with Crippen LogP contribution in [0, 0.1) is 17.8 Å². The molecule has 8 rings (SSSR count). The van der Waals surface area contributed by atoms with Crippen molar-refractivity contribution >= 4 is 145 Å². The van der Waals surface area contributed by atoms with Crippen LogP contribution < -0.4 is 0 Å². The number of carboxylic acids is 1. The fourth-order valence-corrected chi connectivity index (χ4v) is 15.9. The highest BCUT2D eigenvalue weighted by Gasteiger charge is 2.48. The van der Waals surface area contributed by atoms with Gasteiger partial charge in [-0.25, -0.2) is 19.2 Å². The Morgan fingerprint density at radius 3 is 1.01 bits per heavy atom. The number of aliphatic carboxylic acids is 1. The zero-order valence-corrected chi connectivity index (χ0v) is 56.1. The van der Waals surface area contributed by atoms with Crippen molar-refractivity contribution in [2.24, 2.45) is 17.8 Å². The molecule has 88 heavy (non-hydrogen) atoms. The normalized spacial score (nSPS) is 22.1. The zero-order chi connectivity index (χ0) is 64.9. The molecule has 11 atom stereocenters. The Balaban J connectivity index is 0.000000214. The Labute approximate surface area is 551 Å². The molecule has 11 unspecified atom stereocenters. The lowest BCUT2D eigenvalue weighted by Gasteiger charge is -2.30. The van der Waals surface area contributed by atoms with E-state index in [-0.39, 0.29) is 89.4 Å². The van der Waals surface area contributed by atoms with E-state index in [1.54, 1.807) is 131 Å². The molecule has 4 amide bonds. The van der Waals surface area contributed by atoms with Crippen molar-refractivity contribution in [3.63, 3.8) is 0 Å². The summed E-state index contributed by atoms with van der Waals surface area (Å²) in [5.74, 6) is -0.418. The van der Waals surface area contributed by atoms with Crippen LogP contribution in [0.1, 0.15) is 84.8 Å². The summed E-state index contributed by atoms with van der Waals surface area (Å²) in [6, 6.07) is 24.5. The van der Waals surface area contributed by atoms with Crippen LogP contribution in [0.5, 0.6) is 23.0 Å². The summed E-state index contributed by atoms with van der Waals surface area (Å²) < 4.78 is 15.0. The first kappa shape index (κ1) is 73.4. The maximum atomic E-state index is 12.8. The number of para-hydroxylation sites is 4. The quantitative estimate of drug-likeness (QED) is 0.0256. The molecule has 4 aromatic rings. The van der Waals surface area contributed by atoms with Crippen LogP contribution in [0.25, 0.3) is 0 Å². The van der Waals surface area contributed by atoms with Crippen molar-refractivity contribution in [1.29, 1.82) is 0 Å². The SMILES string of the molecule is CC(CS)C(=O)N1C(C(=O)O)CSC1c1ccccc1O.CCOC(=O)C1CSC(c2ccccc2O)N1C(=O)C(C)CS.CCOC(=O)C1CSC(c2ccccc2O)N1C(=O)CCS.COC(=O)C1CSC(c2ccccc2O)N1C(=O)C(C)CS. The second-order valence-corrected chi connectivity index (χ2v) is 26.2. The zero-order valence-electron chi connectivity index (χ0n) is 49.3. The van der Waals surface area contributed by atoms with E-state index in [1.165, 1.54) is 74.9 Å². The van der Waals surface area contributed by atoms with Gasteiger partial charge in [0.2, 0.25) is 23.6 Å². The third-order valence-corrected chi connectivity index (χ3v) is 21.2. The highest BCUT2D eigenvalue weighted by molar-refractivity contribution is 8.00. The number of esters is 3. The largest absolute Gasteiger partial charge is 0.508 e. The molecule has 20 nitrogen and oxygen atoms in total. The number of thioether (sulfide) groups is 4. The molecule has 4 saturated heterocycles. The number of carbonyl (C=O) groups excluding carboxylic acids is 7. The lowest BCUT2D eigenvalue weighted by molar-refractivity contribution is -0.154. The van der Waals surface area contributed by atoms with Crippen molar-refractivity contribution in [2.45, 2.75) is 86.7 Å². The summed E-state index contributed by atoms with van der Waals surface area (Å²) in [6.45, 7) is 9.29. The summed E-state index contributed by atoms with van der Waals surface area (Å²) in [5.41, 5.74) is 2.44. The van der Waals surface area contributed by atoms with Crippen LogP contribution in [-0.2, 0) is 52.6 Å². The molecule has 0 spiro atoms. The van der Waals surface area contributed by atoms with Gasteiger partial charge in [0.05, 0.1) is 20.3 Å². The van der Waals surface area contributed by atoms with Crippen LogP contribution in [0.2, 0.25) is 0 Å². The number of rotatable bonds is 18. The van der Waals surface area contributed by atoms with Gasteiger partial charge in [0.15, 0.2) is 0 Å².